The number of ketones is 2. The molecule has 1 amide bonds. The van der Waals surface area contributed by atoms with E-state index in [-0.39, 0.29) is 53.7 Å². The molecule has 0 spiro atoms. The molecule has 238 valence electrons. The highest BCUT2D eigenvalue weighted by Gasteiger charge is 2.27. The van der Waals surface area contributed by atoms with Gasteiger partial charge in [-0.1, -0.05) is 24.3 Å². The van der Waals surface area contributed by atoms with Crippen LogP contribution < -0.4 is 9.47 Å². The number of nitrogens with zero attached hydrogens (tertiary/aromatic N) is 1. The smallest absolute Gasteiger partial charge is 0.449 e. The topological polar surface area (TPSA) is 148 Å². The number of unbranched alkanes of at least 4 members (excludes halogenated alkanes) is 1. The molecule has 44 heavy (non-hydrogen) atoms. The van der Waals surface area contributed by atoms with E-state index in [1.807, 2.05) is 0 Å². The molecule has 12 nitrogen and oxygen atoms in total. The van der Waals surface area contributed by atoms with Gasteiger partial charge in [-0.2, -0.15) is 0 Å². The van der Waals surface area contributed by atoms with Crippen molar-refractivity contribution in [3.05, 3.63) is 36.1 Å². The van der Waals surface area contributed by atoms with Crippen LogP contribution in [0, 0.1) is 0 Å². The van der Waals surface area contributed by atoms with Gasteiger partial charge in [-0.05, 0) is 67.4 Å². The number of Topliss-reactive ketones (excluding diaryl/α,β-unsaturated/α-hetero) is 2. The Kier molecular flexibility index (Phi) is 10.6. The van der Waals surface area contributed by atoms with Crippen molar-refractivity contribution in [2.45, 2.75) is 79.4 Å². The van der Waals surface area contributed by atoms with Gasteiger partial charge in [-0.25, -0.2) is 14.4 Å². The Bertz CT molecular complexity index is 1560. The number of rotatable bonds is 10. The first-order valence-corrected chi connectivity index (χ1v) is 14.2. The third kappa shape index (κ3) is 9.45. The molecule has 3 aromatic rings. The fourth-order valence-electron chi connectivity index (χ4n) is 4.12. The molecule has 1 heterocycles. The van der Waals surface area contributed by atoms with Crippen LogP contribution in [0.2, 0.25) is 0 Å². The Balaban J connectivity index is 1.78. The van der Waals surface area contributed by atoms with Crippen LogP contribution in [-0.4, -0.2) is 65.8 Å². The van der Waals surface area contributed by atoms with Crippen LogP contribution in [-0.2, 0) is 19.0 Å². The average Bonchev–Trinajstić information content (AvgIpc) is 3.33. The molecular weight excluding hydrogens is 574 g/mol. The largest absolute Gasteiger partial charge is 0.514 e. The van der Waals surface area contributed by atoms with Crippen molar-refractivity contribution in [3.8, 4) is 11.5 Å². The van der Waals surface area contributed by atoms with Gasteiger partial charge in [0.05, 0.1) is 18.5 Å². The van der Waals surface area contributed by atoms with E-state index in [1.54, 1.807) is 65.8 Å². The quantitative estimate of drug-likeness (QED) is 0.0750. The van der Waals surface area contributed by atoms with E-state index < -0.39 is 35.4 Å². The lowest BCUT2D eigenvalue weighted by atomic mass is 10.1. The maximum absolute atomic E-state index is 12.8. The number of hydrogen-bond donors (Lipinski definition) is 0. The number of carbonyl (C=O) groups excluding carboxylic acids is 5. The monoisotopic (exact) mass is 613 g/mol. The number of hydrogen-bond acceptors (Lipinski definition) is 11. The highest BCUT2D eigenvalue weighted by Crippen LogP contribution is 2.44. The lowest BCUT2D eigenvalue weighted by Crippen LogP contribution is -2.40. The maximum atomic E-state index is 12.8. The third-order valence-corrected chi connectivity index (χ3v) is 5.81. The minimum atomic E-state index is -1.02. The van der Waals surface area contributed by atoms with E-state index in [0.717, 1.165) is 0 Å². The number of benzene rings is 2. The first-order chi connectivity index (χ1) is 20.4. The zero-order chi connectivity index (χ0) is 32.8. The lowest BCUT2D eigenvalue weighted by Gasteiger charge is -2.26. The predicted octanol–water partition coefficient (Wildman–Crippen LogP) is 7.22. The van der Waals surface area contributed by atoms with E-state index in [1.165, 1.54) is 24.8 Å². The summed E-state index contributed by atoms with van der Waals surface area (Å²) in [6, 6.07) is 8.09. The molecule has 0 aliphatic carbocycles. The molecule has 0 fully saturated rings. The van der Waals surface area contributed by atoms with Gasteiger partial charge < -0.3 is 33.0 Å². The molecule has 0 N–H and O–H groups in total. The van der Waals surface area contributed by atoms with Gasteiger partial charge in [0.1, 0.15) is 17.0 Å². The van der Waals surface area contributed by atoms with Crippen molar-refractivity contribution in [1.29, 1.82) is 0 Å². The van der Waals surface area contributed by atoms with Crippen molar-refractivity contribution in [3.63, 3.8) is 0 Å². The summed E-state index contributed by atoms with van der Waals surface area (Å²) in [4.78, 5) is 62.9. The zero-order valence-corrected chi connectivity index (χ0v) is 26.4. The molecule has 2 aromatic carbocycles. The number of carbonyl (C=O) groups is 5. The number of fused-ring (bicyclic) bond motifs is 2. The van der Waals surface area contributed by atoms with Gasteiger partial charge >= 0.3 is 18.4 Å². The molecule has 0 saturated carbocycles. The normalized spacial score (nSPS) is 11.6. The average molecular weight is 614 g/mol. The van der Waals surface area contributed by atoms with Crippen LogP contribution in [0.15, 0.2) is 34.7 Å². The first-order valence-electron chi connectivity index (χ1n) is 14.2. The predicted molar refractivity (Wildman–Crippen MR) is 160 cm³/mol. The van der Waals surface area contributed by atoms with Gasteiger partial charge in [-0.3, -0.25) is 9.59 Å². The molecule has 0 saturated heterocycles. The van der Waals surface area contributed by atoms with E-state index in [2.05, 4.69) is 0 Å². The molecule has 12 heteroatoms. The van der Waals surface area contributed by atoms with Crippen LogP contribution in [0.3, 0.4) is 0 Å². The van der Waals surface area contributed by atoms with Gasteiger partial charge in [0.15, 0.2) is 28.6 Å². The zero-order valence-electron chi connectivity index (χ0n) is 26.4. The highest BCUT2D eigenvalue weighted by atomic mass is 16.7. The van der Waals surface area contributed by atoms with Crippen LogP contribution in [0.25, 0.3) is 21.7 Å². The van der Waals surface area contributed by atoms with E-state index in [4.69, 9.17) is 28.1 Å². The summed E-state index contributed by atoms with van der Waals surface area (Å²) in [5.41, 5.74) is -1.53. The van der Waals surface area contributed by atoms with Crippen LogP contribution >= 0.6 is 0 Å². The van der Waals surface area contributed by atoms with Gasteiger partial charge in [0, 0.05) is 24.2 Å². The summed E-state index contributed by atoms with van der Waals surface area (Å²) >= 11 is 0. The molecule has 1 aromatic heterocycles. The summed E-state index contributed by atoms with van der Waals surface area (Å²) in [5, 5.41) is 0.969. The summed E-state index contributed by atoms with van der Waals surface area (Å²) in [7, 11) is 0. The lowest BCUT2D eigenvalue weighted by molar-refractivity contribution is -0.118. The van der Waals surface area contributed by atoms with Crippen molar-refractivity contribution < 1.29 is 52.1 Å². The van der Waals surface area contributed by atoms with Crippen molar-refractivity contribution in [1.82, 2.24) is 4.90 Å². The summed E-state index contributed by atoms with van der Waals surface area (Å²) in [5.74, 6) is -0.581. The molecule has 0 unspecified atom stereocenters. The summed E-state index contributed by atoms with van der Waals surface area (Å²) in [6.45, 7) is 13.1. The van der Waals surface area contributed by atoms with Crippen molar-refractivity contribution >= 4 is 51.7 Å². The highest BCUT2D eigenvalue weighted by molar-refractivity contribution is 6.12. The summed E-state index contributed by atoms with van der Waals surface area (Å²) in [6.07, 6.45) is -1.81. The molecule has 0 atom stereocenters. The van der Waals surface area contributed by atoms with Crippen LogP contribution in [0.4, 0.5) is 14.4 Å². The molecule has 0 aliphatic rings. The summed E-state index contributed by atoms with van der Waals surface area (Å²) < 4.78 is 32.9. The second-order valence-corrected chi connectivity index (χ2v) is 12.2. The van der Waals surface area contributed by atoms with Crippen LogP contribution in [0.1, 0.15) is 78.8 Å². The molecular formula is C32H39NO11. The first kappa shape index (κ1) is 33.9. The van der Waals surface area contributed by atoms with Gasteiger partial charge in [0.2, 0.25) is 0 Å². The minimum Gasteiger partial charge on any atom is -0.449 e. The van der Waals surface area contributed by atoms with E-state index in [0.29, 0.717) is 23.6 Å². The Labute approximate surface area is 255 Å². The standard InChI is InChI=1S/C32H39NO11/c1-19(34)18-33(28(36)43-31(3,4)5)15-11-12-16-39-29(37)41-25-21-13-9-10-14-22(21)26(42-30(38)44-32(6,7)8)27-23(25)17-24(40-27)20(2)35/h9-10,13-14,17H,11-12,15-16,18H2,1-8H3. The maximum Gasteiger partial charge on any atom is 0.514 e. The van der Waals surface area contributed by atoms with E-state index >= 15 is 0 Å². The third-order valence-electron chi connectivity index (χ3n) is 5.81. The van der Waals surface area contributed by atoms with Crippen molar-refractivity contribution in [2.24, 2.45) is 0 Å². The van der Waals surface area contributed by atoms with Gasteiger partial charge in [-0.15, -0.1) is 0 Å². The minimum absolute atomic E-state index is 0.00169. The number of amides is 1. The van der Waals surface area contributed by atoms with Crippen LogP contribution in [0.5, 0.6) is 11.5 Å². The van der Waals surface area contributed by atoms with E-state index in [9.17, 15) is 24.0 Å². The fraction of sp³-hybridized carbons (Fsp3) is 0.469. The Morgan fingerprint density at radius 2 is 1.36 bits per heavy atom. The molecule has 0 radical (unpaired) electrons. The Morgan fingerprint density at radius 1 is 0.773 bits per heavy atom. The molecule has 0 aliphatic heterocycles. The molecule has 3 rings (SSSR count). The van der Waals surface area contributed by atoms with Gasteiger partial charge in [0.25, 0.3) is 0 Å². The molecule has 0 bridgehead atoms. The Morgan fingerprint density at radius 3 is 1.93 bits per heavy atom. The Hall–Kier alpha value is -4.61. The second kappa shape index (κ2) is 13.8. The SMILES string of the molecule is CC(=O)CN(CCCCOC(=O)Oc1c2ccccc2c(OC(=O)OC(C)(C)C)c2oc(C(C)=O)cc12)C(=O)OC(C)(C)C. The number of furan rings is 1. The van der Waals surface area contributed by atoms with Crippen molar-refractivity contribution in [2.75, 3.05) is 19.7 Å². The fourth-order valence-corrected chi connectivity index (χ4v) is 4.12. The number of ether oxygens (including phenoxy) is 5. The second-order valence-electron chi connectivity index (χ2n) is 12.2.